The highest BCUT2D eigenvalue weighted by Crippen LogP contribution is 2.42. The van der Waals surface area contributed by atoms with Crippen LogP contribution in [0.4, 0.5) is 10.3 Å². The highest BCUT2D eigenvalue weighted by atomic mass is 19.1. The number of hydrogen-bond acceptors (Lipinski definition) is 4. The number of aromatic nitrogens is 3. The molecule has 2 N–H and O–H groups in total. The zero-order valence-electron chi connectivity index (χ0n) is 16.9. The third-order valence-corrected chi connectivity index (χ3v) is 4.96. The summed E-state index contributed by atoms with van der Waals surface area (Å²) in [6, 6.07) is 3.54. The number of pyridine rings is 1. The lowest BCUT2D eigenvalue weighted by atomic mass is 9.72. The second-order valence-corrected chi connectivity index (χ2v) is 9.48. The van der Waals surface area contributed by atoms with Crippen LogP contribution in [0.1, 0.15) is 66.5 Å². The number of fused-ring (bicyclic) bond motifs is 1. The maximum absolute atomic E-state index is 13.6. The molecule has 1 aliphatic carbocycles. The van der Waals surface area contributed by atoms with Crippen LogP contribution in [0.3, 0.4) is 0 Å². The second kappa shape index (κ2) is 6.26. The molecule has 2 aromatic heterocycles. The Balaban J connectivity index is 1.91. The molecule has 0 radical (unpaired) electrons. The number of aliphatic hydroxyl groups is 1. The molecule has 7 heteroatoms. The van der Waals surface area contributed by atoms with Gasteiger partial charge in [-0.05, 0) is 72.4 Å². The third-order valence-electron chi connectivity index (χ3n) is 4.96. The molecule has 0 bridgehead atoms. The fourth-order valence-electron chi connectivity index (χ4n) is 3.74. The predicted octanol–water partition coefficient (Wildman–Crippen LogP) is 3.88. The zero-order chi connectivity index (χ0) is 20.2. The molecule has 1 fully saturated rings. The van der Waals surface area contributed by atoms with Gasteiger partial charge in [-0.25, -0.2) is 14.4 Å². The van der Waals surface area contributed by atoms with Crippen molar-refractivity contribution < 1.29 is 14.3 Å². The molecule has 2 heterocycles. The minimum absolute atomic E-state index is 0.0763. The van der Waals surface area contributed by atoms with E-state index in [0.717, 1.165) is 0 Å². The van der Waals surface area contributed by atoms with Crippen LogP contribution in [-0.4, -0.2) is 31.2 Å². The van der Waals surface area contributed by atoms with E-state index in [1.54, 1.807) is 32.9 Å². The van der Waals surface area contributed by atoms with Gasteiger partial charge in [0.1, 0.15) is 16.8 Å². The first kappa shape index (κ1) is 19.7. The molecule has 0 aliphatic heterocycles. The fourth-order valence-corrected chi connectivity index (χ4v) is 3.74. The van der Waals surface area contributed by atoms with Gasteiger partial charge in [0.25, 0.3) is 0 Å². The summed E-state index contributed by atoms with van der Waals surface area (Å²) in [6.45, 7) is 10.9. The lowest BCUT2D eigenvalue weighted by Crippen LogP contribution is -2.38. The Kier molecular flexibility index (Phi) is 4.57. The summed E-state index contributed by atoms with van der Waals surface area (Å²) in [5.41, 5.74) is -0.800. The van der Waals surface area contributed by atoms with Gasteiger partial charge in [0.2, 0.25) is 11.9 Å². The average Bonchev–Trinajstić information content (AvgIpc) is 2.80. The maximum atomic E-state index is 13.6. The van der Waals surface area contributed by atoms with Crippen molar-refractivity contribution in [3.8, 4) is 0 Å². The van der Waals surface area contributed by atoms with Crippen LogP contribution in [0.15, 0.2) is 12.1 Å². The van der Waals surface area contributed by atoms with Crippen molar-refractivity contribution in [3.05, 3.63) is 17.8 Å². The predicted molar refractivity (Wildman–Crippen MR) is 103 cm³/mol. The molecule has 6 nitrogen and oxygen atoms in total. The molecule has 1 amide bonds. The SMILES string of the molecule is CC1(F)CC(CC(=O)Nc2nc3ccc(C(C)(C)O)nc3n2C(C)(C)C)C1. The van der Waals surface area contributed by atoms with E-state index >= 15 is 0 Å². The summed E-state index contributed by atoms with van der Waals surface area (Å²) in [6.07, 6.45) is 1.13. The van der Waals surface area contributed by atoms with Crippen molar-refractivity contribution in [2.24, 2.45) is 5.92 Å². The number of halogens is 1. The topological polar surface area (TPSA) is 80.0 Å². The van der Waals surface area contributed by atoms with E-state index in [0.29, 0.717) is 35.6 Å². The Hall–Kier alpha value is -2.02. The molecule has 2 aromatic rings. The van der Waals surface area contributed by atoms with Gasteiger partial charge in [-0.3, -0.25) is 14.7 Å². The highest BCUT2D eigenvalue weighted by molar-refractivity contribution is 5.91. The Labute approximate surface area is 159 Å². The van der Waals surface area contributed by atoms with Gasteiger partial charge in [0.05, 0.1) is 5.69 Å². The summed E-state index contributed by atoms with van der Waals surface area (Å²) in [5.74, 6) is 0.330. The molecular formula is C20H29FN4O2. The molecule has 27 heavy (non-hydrogen) atoms. The van der Waals surface area contributed by atoms with Gasteiger partial charge in [-0.2, -0.15) is 0 Å². The molecule has 0 unspecified atom stereocenters. The summed E-state index contributed by atoms with van der Waals surface area (Å²) in [7, 11) is 0. The number of carbonyl (C=O) groups is 1. The van der Waals surface area contributed by atoms with Crippen LogP contribution in [0.25, 0.3) is 11.2 Å². The van der Waals surface area contributed by atoms with E-state index in [9.17, 15) is 14.3 Å². The number of imidazole rings is 1. The van der Waals surface area contributed by atoms with Crippen molar-refractivity contribution in [2.45, 2.75) is 77.6 Å². The number of nitrogens with one attached hydrogen (secondary N) is 1. The van der Waals surface area contributed by atoms with Gasteiger partial charge in [-0.15, -0.1) is 0 Å². The summed E-state index contributed by atoms with van der Waals surface area (Å²) < 4.78 is 15.5. The van der Waals surface area contributed by atoms with Crippen LogP contribution in [0, 0.1) is 5.92 Å². The second-order valence-electron chi connectivity index (χ2n) is 9.48. The maximum Gasteiger partial charge on any atom is 0.226 e. The van der Waals surface area contributed by atoms with Gasteiger partial charge in [0.15, 0.2) is 5.65 Å². The monoisotopic (exact) mass is 376 g/mol. The van der Waals surface area contributed by atoms with Crippen molar-refractivity contribution in [2.75, 3.05) is 5.32 Å². The summed E-state index contributed by atoms with van der Waals surface area (Å²) in [5, 5.41) is 13.2. The van der Waals surface area contributed by atoms with E-state index < -0.39 is 11.3 Å². The standard InChI is InChI=1S/C20H29FN4O2/c1-18(2,3)25-16-13(7-8-14(23-16)19(4,5)27)22-17(25)24-15(26)9-12-10-20(6,21)11-12/h7-8,12,27H,9-11H2,1-6H3,(H,22,24,26). The number of alkyl halides is 1. The summed E-state index contributed by atoms with van der Waals surface area (Å²) >= 11 is 0. The molecule has 0 aromatic carbocycles. The molecule has 0 atom stereocenters. The van der Waals surface area contributed by atoms with E-state index in [2.05, 4.69) is 15.3 Å². The first-order valence-corrected chi connectivity index (χ1v) is 9.38. The molecule has 1 saturated carbocycles. The summed E-state index contributed by atoms with van der Waals surface area (Å²) in [4.78, 5) is 21.6. The molecule has 148 valence electrons. The minimum atomic E-state index is -1.14. The van der Waals surface area contributed by atoms with Crippen molar-refractivity contribution in [1.82, 2.24) is 14.5 Å². The first-order valence-electron chi connectivity index (χ1n) is 9.38. The quantitative estimate of drug-likeness (QED) is 0.849. The van der Waals surface area contributed by atoms with E-state index in [-0.39, 0.29) is 23.8 Å². The molecule has 3 rings (SSSR count). The third kappa shape index (κ3) is 4.13. The highest BCUT2D eigenvalue weighted by Gasteiger charge is 2.41. The van der Waals surface area contributed by atoms with Crippen LogP contribution in [-0.2, 0) is 15.9 Å². The zero-order valence-corrected chi connectivity index (χ0v) is 16.9. The molecule has 0 saturated heterocycles. The fraction of sp³-hybridized carbons (Fsp3) is 0.650. The average molecular weight is 376 g/mol. The van der Waals surface area contributed by atoms with Crippen molar-refractivity contribution in [1.29, 1.82) is 0 Å². The lowest BCUT2D eigenvalue weighted by Gasteiger charge is -2.38. The van der Waals surface area contributed by atoms with Gasteiger partial charge >= 0.3 is 0 Å². The molecule has 1 aliphatic rings. The van der Waals surface area contributed by atoms with Crippen LogP contribution >= 0.6 is 0 Å². The van der Waals surface area contributed by atoms with Gasteiger partial charge < -0.3 is 5.11 Å². The number of rotatable bonds is 4. The Morgan fingerprint density at radius 2 is 1.93 bits per heavy atom. The van der Waals surface area contributed by atoms with E-state index in [4.69, 9.17) is 0 Å². The van der Waals surface area contributed by atoms with E-state index in [1.165, 1.54) is 0 Å². The van der Waals surface area contributed by atoms with Gasteiger partial charge in [-0.1, -0.05) is 0 Å². The van der Waals surface area contributed by atoms with Crippen molar-refractivity contribution >= 4 is 23.0 Å². The van der Waals surface area contributed by atoms with Crippen LogP contribution in [0.5, 0.6) is 0 Å². The number of amides is 1. The Bertz CT molecular complexity index is 866. The number of nitrogens with zero attached hydrogens (tertiary/aromatic N) is 3. The normalized spacial score (nSPS) is 23.3. The van der Waals surface area contributed by atoms with Gasteiger partial charge in [0, 0.05) is 12.0 Å². The largest absolute Gasteiger partial charge is 0.384 e. The smallest absolute Gasteiger partial charge is 0.226 e. The number of carbonyl (C=O) groups excluding carboxylic acids is 1. The number of hydrogen-bond donors (Lipinski definition) is 2. The molecule has 0 spiro atoms. The molecular weight excluding hydrogens is 347 g/mol. The van der Waals surface area contributed by atoms with Crippen molar-refractivity contribution in [3.63, 3.8) is 0 Å². The Morgan fingerprint density at radius 1 is 1.30 bits per heavy atom. The first-order chi connectivity index (χ1) is 12.3. The van der Waals surface area contributed by atoms with Crippen LogP contribution in [0.2, 0.25) is 0 Å². The Morgan fingerprint density at radius 3 is 2.44 bits per heavy atom. The number of anilines is 1. The lowest BCUT2D eigenvalue weighted by molar-refractivity contribution is -0.119. The minimum Gasteiger partial charge on any atom is -0.384 e. The van der Waals surface area contributed by atoms with E-state index in [1.807, 2.05) is 25.3 Å². The van der Waals surface area contributed by atoms with Crippen LogP contribution < -0.4 is 5.32 Å².